The number of carbonyl (C=O) groups excluding carboxylic acids is 2. The molecule has 2 fully saturated rings. The van der Waals surface area contributed by atoms with E-state index in [0.29, 0.717) is 11.1 Å². The standard InChI is InChI=1S/C27H27ClN2O3S2/c1-30-26(32)25(35-24-8-3-2-7-22(24)28)23(31)16-27(30,19-11-14-34-17-19)18-5-4-6-21(15-18)29-20-9-12-33-13-10-20/h2-8,11,14-15,17,20,25,29H,9-10,12-13,16H2,1H3. The van der Waals surface area contributed by atoms with Gasteiger partial charge in [-0.3, -0.25) is 9.59 Å². The number of halogens is 1. The second-order valence-electron chi connectivity index (χ2n) is 8.95. The fourth-order valence-electron chi connectivity index (χ4n) is 4.95. The van der Waals surface area contributed by atoms with Gasteiger partial charge in [0.25, 0.3) is 0 Å². The summed E-state index contributed by atoms with van der Waals surface area (Å²) in [7, 11) is 1.81. The van der Waals surface area contributed by atoms with Gasteiger partial charge in [0.15, 0.2) is 5.78 Å². The van der Waals surface area contributed by atoms with E-state index >= 15 is 0 Å². The van der Waals surface area contributed by atoms with Crippen LogP contribution < -0.4 is 5.32 Å². The number of thiophene rings is 1. The summed E-state index contributed by atoms with van der Waals surface area (Å²) >= 11 is 9.14. The maximum Gasteiger partial charge on any atom is 0.244 e. The van der Waals surface area contributed by atoms with Gasteiger partial charge < -0.3 is 15.0 Å². The summed E-state index contributed by atoms with van der Waals surface area (Å²) in [6.07, 6.45) is 2.12. The number of anilines is 1. The SMILES string of the molecule is CN1C(=O)C(Sc2ccccc2Cl)C(=O)CC1(c1ccsc1)c1cccc(NC2CCOCC2)c1. The predicted octanol–water partition coefficient (Wildman–Crippen LogP) is 5.83. The van der Waals surface area contributed by atoms with Crippen LogP contribution >= 0.6 is 34.7 Å². The molecule has 1 amide bonds. The van der Waals surface area contributed by atoms with E-state index in [1.54, 1.807) is 22.3 Å². The first-order valence-corrected chi connectivity index (χ1v) is 13.9. The summed E-state index contributed by atoms with van der Waals surface area (Å²) in [4.78, 5) is 29.9. The van der Waals surface area contributed by atoms with Crippen molar-refractivity contribution in [3.63, 3.8) is 0 Å². The average Bonchev–Trinajstić information content (AvgIpc) is 3.41. The second-order valence-corrected chi connectivity index (χ2v) is 11.3. The van der Waals surface area contributed by atoms with Gasteiger partial charge in [0.1, 0.15) is 10.8 Å². The van der Waals surface area contributed by atoms with Crippen molar-refractivity contribution in [3.8, 4) is 0 Å². The number of hydrogen-bond donors (Lipinski definition) is 1. The van der Waals surface area contributed by atoms with Crippen LogP contribution in [-0.2, 0) is 19.9 Å². The zero-order chi connectivity index (χ0) is 24.4. The molecule has 2 saturated heterocycles. The fraction of sp³-hybridized carbons (Fsp3) is 0.333. The van der Waals surface area contributed by atoms with Gasteiger partial charge in [-0.25, -0.2) is 0 Å². The molecule has 8 heteroatoms. The largest absolute Gasteiger partial charge is 0.382 e. The molecular formula is C27H27ClN2O3S2. The van der Waals surface area contributed by atoms with Crippen molar-refractivity contribution in [2.45, 2.75) is 41.0 Å². The van der Waals surface area contributed by atoms with Gasteiger partial charge in [0.05, 0.1) is 5.02 Å². The monoisotopic (exact) mass is 526 g/mol. The molecule has 182 valence electrons. The molecule has 0 saturated carbocycles. The van der Waals surface area contributed by atoms with Crippen LogP contribution in [0.3, 0.4) is 0 Å². The molecule has 0 radical (unpaired) electrons. The number of likely N-dealkylation sites (tertiary alicyclic amines) is 1. The van der Waals surface area contributed by atoms with E-state index < -0.39 is 10.8 Å². The number of Topliss-reactive ketones (excluding diaryl/α,β-unsaturated/α-hetero) is 1. The summed E-state index contributed by atoms with van der Waals surface area (Å²) in [5.41, 5.74) is 2.01. The molecule has 2 aliphatic heterocycles. The van der Waals surface area contributed by atoms with Crippen molar-refractivity contribution in [1.29, 1.82) is 0 Å². The highest BCUT2D eigenvalue weighted by Gasteiger charge is 2.51. The van der Waals surface area contributed by atoms with Gasteiger partial charge >= 0.3 is 0 Å². The van der Waals surface area contributed by atoms with Crippen LogP contribution in [0.15, 0.2) is 70.3 Å². The number of carbonyl (C=O) groups is 2. The highest BCUT2D eigenvalue weighted by Crippen LogP contribution is 2.46. The second kappa shape index (κ2) is 10.3. The van der Waals surface area contributed by atoms with E-state index in [1.807, 2.05) is 60.3 Å². The molecule has 0 aliphatic carbocycles. The summed E-state index contributed by atoms with van der Waals surface area (Å²) in [5.74, 6) is -0.299. The van der Waals surface area contributed by atoms with Crippen LogP contribution in [0.2, 0.25) is 5.02 Å². The van der Waals surface area contributed by atoms with Crippen molar-refractivity contribution in [2.24, 2.45) is 0 Å². The van der Waals surface area contributed by atoms with Crippen molar-refractivity contribution >= 4 is 52.1 Å². The van der Waals surface area contributed by atoms with E-state index in [9.17, 15) is 9.59 Å². The van der Waals surface area contributed by atoms with Gasteiger partial charge in [-0.1, -0.05) is 35.9 Å². The quantitative estimate of drug-likeness (QED) is 0.410. The molecule has 0 spiro atoms. The summed E-state index contributed by atoms with van der Waals surface area (Å²) in [6, 6.07) is 17.8. The molecule has 5 rings (SSSR count). The predicted molar refractivity (Wildman–Crippen MR) is 142 cm³/mol. The number of nitrogens with zero attached hydrogens (tertiary/aromatic N) is 1. The zero-order valence-electron chi connectivity index (χ0n) is 19.4. The number of rotatable bonds is 6. The van der Waals surface area contributed by atoms with Crippen LogP contribution in [-0.4, -0.2) is 48.1 Å². The van der Waals surface area contributed by atoms with E-state index in [4.69, 9.17) is 16.3 Å². The normalized spacial score (nSPS) is 23.5. The number of hydrogen-bond acceptors (Lipinski definition) is 6. The Hall–Kier alpha value is -2.32. The number of amides is 1. The number of nitrogens with one attached hydrogen (secondary N) is 1. The van der Waals surface area contributed by atoms with Gasteiger partial charge in [-0.15, -0.1) is 11.8 Å². The third-order valence-corrected chi connectivity index (χ3v) is 9.30. The Bertz CT molecular complexity index is 1210. The van der Waals surface area contributed by atoms with Gasteiger partial charge in [0, 0.05) is 43.3 Å². The van der Waals surface area contributed by atoms with Crippen molar-refractivity contribution in [1.82, 2.24) is 4.90 Å². The lowest BCUT2D eigenvalue weighted by Gasteiger charge is -2.47. The van der Waals surface area contributed by atoms with Crippen molar-refractivity contribution in [3.05, 3.63) is 81.5 Å². The van der Waals surface area contributed by atoms with E-state index in [0.717, 1.165) is 47.8 Å². The average molecular weight is 527 g/mol. The smallest absolute Gasteiger partial charge is 0.244 e. The van der Waals surface area contributed by atoms with Crippen LogP contribution in [0, 0.1) is 0 Å². The minimum atomic E-state index is -0.862. The molecule has 2 aliphatic rings. The van der Waals surface area contributed by atoms with Gasteiger partial charge in [-0.05, 0) is 65.1 Å². The first-order chi connectivity index (χ1) is 17.0. The summed E-state index contributed by atoms with van der Waals surface area (Å²) < 4.78 is 5.49. The maximum absolute atomic E-state index is 13.8. The Morgan fingerprint density at radius 2 is 1.89 bits per heavy atom. The minimum absolute atomic E-state index is 0.0907. The van der Waals surface area contributed by atoms with E-state index in [-0.39, 0.29) is 18.1 Å². The molecule has 0 bridgehead atoms. The lowest BCUT2D eigenvalue weighted by molar-refractivity contribution is -0.144. The molecule has 1 aromatic heterocycles. The molecule has 2 aromatic carbocycles. The summed E-state index contributed by atoms with van der Waals surface area (Å²) in [6.45, 7) is 1.51. The first kappa shape index (κ1) is 24.4. The van der Waals surface area contributed by atoms with Gasteiger partial charge in [0.2, 0.25) is 5.91 Å². The Morgan fingerprint density at radius 1 is 1.09 bits per heavy atom. The fourth-order valence-corrected chi connectivity index (χ4v) is 7.01. The lowest BCUT2D eigenvalue weighted by Crippen LogP contribution is -2.58. The third kappa shape index (κ3) is 4.75. The van der Waals surface area contributed by atoms with E-state index in [2.05, 4.69) is 11.4 Å². The molecule has 3 aromatic rings. The highest BCUT2D eigenvalue weighted by molar-refractivity contribution is 8.01. The van der Waals surface area contributed by atoms with Crippen LogP contribution in [0.5, 0.6) is 0 Å². The molecule has 5 nitrogen and oxygen atoms in total. The topological polar surface area (TPSA) is 58.6 Å². The Balaban J connectivity index is 1.50. The zero-order valence-corrected chi connectivity index (χ0v) is 21.8. The highest BCUT2D eigenvalue weighted by atomic mass is 35.5. The summed E-state index contributed by atoms with van der Waals surface area (Å²) in [5, 5.41) is 7.38. The van der Waals surface area contributed by atoms with Crippen LogP contribution in [0.1, 0.15) is 30.4 Å². The lowest BCUT2D eigenvalue weighted by atomic mass is 9.75. The number of ketones is 1. The Labute approximate surface area is 218 Å². The molecular weight excluding hydrogens is 500 g/mol. The number of ether oxygens (including phenoxy) is 1. The number of piperidine rings is 1. The van der Waals surface area contributed by atoms with Crippen molar-refractivity contribution < 1.29 is 14.3 Å². The maximum atomic E-state index is 13.8. The molecule has 2 atom stereocenters. The molecule has 3 heterocycles. The van der Waals surface area contributed by atoms with Crippen LogP contribution in [0.4, 0.5) is 5.69 Å². The minimum Gasteiger partial charge on any atom is -0.382 e. The molecule has 2 unspecified atom stereocenters. The van der Waals surface area contributed by atoms with Gasteiger partial charge in [-0.2, -0.15) is 11.3 Å². The third-order valence-electron chi connectivity index (χ3n) is 6.86. The first-order valence-electron chi connectivity index (χ1n) is 11.7. The van der Waals surface area contributed by atoms with E-state index in [1.165, 1.54) is 11.8 Å². The van der Waals surface area contributed by atoms with Crippen LogP contribution in [0.25, 0.3) is 0 Å². The Morgan fingerprint density at radius 3 is 2.63 bits per heavy atom. The molecule has 1 N–H and O–H groups in total. The van der Waals surface area contributed by atoms with Crippen molar-refractivity contribution in [2.75, 3.05) is 25.6 Å². The number of thioether (sulfide) groups is 1. The molecule has 35 heavy (non-hydrogen) atoms. The number of benzene rings is 2. The Kier molecular flexibility index (Phi) is 7.21.